The monoisotopic (exact) mass is 772 g/mol. The number of hydrogen-bond acceptors (Lipinski definition) is 6. The van der Waals surface area contributed by atoms with Gasteiger partial charge in [0.1, 0.15) is 12.6 Å². The zero-order chi connectivity index (χ0) is 56.4. The Balaban J connectivity index is 1.66. The number of rotatable bonds is 12. The maximum absolute atomic E-state index is 15.7. The number of hydrogen-bond donors (Lipinski definition) is 1. The summed E-state index contributed by atoms with van der Waals surface area (Å²) in [7, 11) is 0.550. The number of thioether (sulfide) groups is 1. The largest absolute Gasteiger partial charge is 0.416 e. The van der Waals surface area contributed by atoms with Crippen LogP contribution in [0.5, 0.6) is 0 Å². The van der Waals surface area contributed by atoms with Gasteiger partial charge in [-0.3, -0.25) is 4.79 Å². The smallest absolute Gasteiger partial charge is 0.384 e. The van der Waals surface area contributed by atoms with E-state index in [1.807, 2.05) is 0 Å². The SMILES string of the molecule is [2H]C1=C(SC([2H])([2H])c2cccc(F)c2F)N(C([2H])([2H])C(=O)N(Cc2ccc(-c3ccc(C(F)(F)F)cc3)cc2)C2([2H])C([2H])([2H])C([2H])([2H])N(C([2H])([2H])C([2H])([2H])OC)C([2H])([2H])C2([2H])[2H])c2c([2H])c([2H])c(C)c([2H])c2C1O. The Morgan fingerprint density at radius 3 is 2.42 bits per heavy atom. The molecular formula is C41H42F5N3O3S. The summed E-state index contributed by atoms with van der Waals surface area (Å²) in [5, 5.41) is 10.3. The Bertz CT molecular complexity index is 2880. The number of likely N-dealkylation sites (tertiary alicyclic amines) is 1. The summed E-state index contributed by atoms with van der Waals surface area (Å²) in [4.78, 5) is 14.4. The van der Waals surface area contributed by atoms with E-state index in [4.69, 9.17) is 19.2 Å². The Hall–Kier alpha value is -4.23. The molecule has 1 unspecified atom stereocenters. The average Bonchev–Trinajstić information content (AvgIpc) is 3.29. The van der Waals surface area contributed by atoms with E-state index in [1.54, 1.807) is 0 Å². The molecule has 2 aliphatic rings. The van der Waals surface area contributed by atoms with Gasteiger partial charge in [0, 0.05) is 78.1 Å². The fourth-order valence-corrected chi connectivity index (χ4v) is 5.68. The number of carbonyl (C=O) groups excluding carboxylic acids is 1. The van der Waals surface area contributed by atoms with Crippen LogP contribution >= 0.6 is 11.8 Å². The number of benzene rings is 4. The van der Waals surface area contributed by atoms with Crippen LogP contribution in [-0.4, -0.2) is 66.5 Å². The minimum absolute atomic E-state index is 0.0728. The van der Waals surface area contributed by atoms with Crippen LogP contribution in [0, 0.1) is 18.6 Å². The summed E-state index contributed by atoms with van der Waals surface area (Å²) in [6.07, 6.45) is -16.4. The zero-order valence-corrected chi connectivity index (χ0v) is 28.4. The van der Waals surface area contributed by atoms with Crippen molar-refractivity contribution in [1.29, 1.82) is 0 Å². The van der Waals surface area contributed by atoms with Gasteiger partial charge in [0.25, 0.3) is 0 Å². The molecule has 0 aromatic heterocycles. The van der Waals surface area contributed by atoms with Crippen molar-refractivity contribution >= 4 is 23.4 Å². The predicted octanol–water partition coefficient (Wildman–Crippen LogP) is 8.73. The number of fused-ring (bicyclic) bond motifs is 1. The minimum Gasteiger partial charge on any atom is -0.384 e. The second-order valence-electron chi connectivity index (χ2n) is 11.1. The highest BCUT2D eigenvalue weighted by atomic mass is 32.2. The van der Waals surface area contributed by atoms with Gasteiger partial charge >= 0.3 is 6.18 Å². The first-order valence-electron chi connectivity index (χ1n) is 25.9. The molecule has 12 heteroatoms. The van der Waals surface area contributed by atoms with Crippen molar-refractivity contribution < 1.29 is 65.4 Å². The van der Waals surface area contributed by atoms with Gasteiger partial charge in [-0.15, -0.1) is 11.8 Å². The highest BCUT2D eigenvalue weighted by molar-refractivity contribution is 8.02. The molecule has 0 bridgehead atoms. The molecule has 280 valence electrons. The highest BCUT2D eigenvalue weighted by Gasteiger charge is 2.33. The molecule has 4 aromatic carbocycles. The first kappa shape index (κ1) is 19.9. The number of nitrogens with zero attached hydrogens (tertiary/aromatic N) is 3. The number of piperidine rings is 1. The second kappa shape index (κ2) is 16.8. The molecule has 1 amide bonds. The molecule has 1 atom stereocenters. The number of aliphatic hydroxyl groups is 1. The molecule has 1 N–H and O–H groups in total. The standard InChI is InChI=1S/C41H42F5N3O3S/c1-27-6-15-36-34(22-27)37(50)23-39(53-26-31-4-3-5-35(42)40(31)43)49(36)25-38(51)48(33-16-18-47(19-17-33)20-21-52-2)24-28-7-9-29(10-8-28)30-11-13-32(14-12-30)41(44,45)46/h3-15,22-23,33,37,50H,16-21,24-26H2,1-2H3/i6D,15D,16D2,17D2,18D2,19D2,20D2,21D2,22D,23D,25D2,26D2,33D. The zero-order valence-electron chi connectivity index (χ0n) is 48.5. The Morgan fingerprint density at radius 2 is 1.75 bits per heavy atom. The number of anilines is 1. The van der Waals surface area contributed by atoms with Gasteiger partial charge in [-0.2, -0.15) is 13.2 Å². The third-order valence-corrected chi connectivity index (χ3v) is 8.33. The van der Waals surface area contributed by atoms with Gasteiger partial charge in [-0.1, -0.05) is 66.2 Å². The summed E-state index contributed by atoms with van der Waals surface area (Å²) in [5.41, 5.74) is -8.01. The first-order valence-corrected chi connectivity index (χ1v) is 16.2. The molecule has 2 aliphatic heterocycles. The number of ether oxygens (including phenoxy) is 1. The second-order valence-corrected chi connectivity index (χ2v) is 11.9. The van der Waals surface area contributed by atoms with E-state index >= 15 is 9.18 Å². The summed E-state index contributed by atoms with van der Waals surface area (Å²) < 4.78 is 263. The number of amides is 1. The number of alkyl halides is 3. The lowest BCUT2D eigenvalue weighted by atomic mass is 9.99. The van der Waals surface area contributed by atoms with Crippen LogP contribution in [0.1, 0.15) is 75.5 Å². The summed E-state index contributed by atoms with van der Waals surface area (Å²) in [6.45, 7) is -21.8. The molecule has 4 aromatic rings. The molecule has 1 fully saturated rings. The van der Waals surface area contributed by atoms with Crippen molar-refractivity contribution in [2.45, 2.75) is 50.2 Å². The minimum atomic E-state index is -4.72. The molecule has 6 rings (SSSR count). The summed E-state index contributed by atoms with van der Waals surface area (Å²) >= 11 is -0.395. The molecular weight excluding hydrogens is 710 g/mol. The number of carbonyl (C=O) groups is 1. The molecule has 0 spiro atoms. The molecule has 6 nitrogen and oxygen atoms in total. The summed E-state index contributed by atoms with van der Waals surface area (Å²) in [5.74, 6) is -5.87. The van der Waals surface area contributed by atoms with Gasteiger partial charge in [-0.25, -0.2) is 8.78 Å². The molecule has 2 heterocycles. The van der Waals surface area contributed by atoms with Crippen molar-refractivity contribution in [3.05, 3.63) is 135 Å². The van der Waals surface area contributed by atoms with Gasteiger partial charge in [0.15, 0.2) is 11.6 Å². The van der Waals surface area contributed by atoms with Crippen LogP contribution in [-0.2, 0) is 28.0 Å². The molecule has 0 radical (unpaired) electrons. The Kier molecular flexibility index (Phi) is 6.33. The van der Waals surface area contributed by atoms with Crippen LogP contribution in [0.2, 0.25) is 0 Å². The molecule has 0 saturated carbocycles. The first-order chi connectivity index (χ1) is 33.5. The molecule has 1 saturated heterocycles. The van der Waals surface area contributed by atoms with E-state index in [9.17, 15) is 32.3 Å². The van der Waals surface area contributed by atoms with E-state index < -0.39 is 162 Å². The van der Waals surface area contributed by atoms with Crippen LogP contribution in [0.4, 0.5) is 27.6 Å². The third kappa shape index (κ3) is 9.29. The fraction of sp³-hybridized carbons (Fsp3) is 0.341. The van der Waals surface area contributed by atoms with Crippen molar-refractivity contribution in [2.75, 3.05) is 44.6 Å². The van der Waals surface area contributed by atoms with Gasteiger partial charge in [-0.05, 0) is 66.7 Å². The highest BCUT2D eigenvalue weighted by Crippen LogP contribution is 2.41. The fourth-order valence-electron chi connectivity index (χ4n) is 4.91. The predicted molar refractivity (Wildman–Crippen MR) is 198 cm³/mol. The van der Waals surface area contributed by atoms with Crippen LogP contribution in [0.3, 0.4) is 0 Å². The van der Waals surface area contributed by atoms with Gasteiger partial charge in [0.2, 0.25) is 5.91 Å². The summed E-state index contributed by atoms with van der Waals surface area (Å²) in [6, 6.07) is 1.44. The number of halogens is 5. The Labute approximate surface area is 340 Å². The van der Waals surface area contributed by atoms with E-state index in [0.717, 1.165) is 55.5 Å². The maximum Gasteiger partial charge on any atom is 0.416 e. The van der Waals surface area contributed by atoms with E-state index in [-0.39, 0.29) is 32.1 Å². The van der Waals surface area contributed by atoms with Crippen molar-refractivity contribution in [2.24, 2.45) is 0 Å². The van der Waals surface area contributed by atoms with Crippen molar-refractivity contribution in [3.63, 3.8) is 0 Å². The Morgan fingerprint density at radius 1 is 1.08 bits per heavy atom. The van der Waals surface area contributed by atoms with Gasteiger partial charge in [0.05, 0.1) is 29.5 Å². The van der Waals surface area contributed by atoms with Crippen molar-refractivity contribution in [3.8, 4) is 11.1 Å². The lowest BCUT2D eigenvalue weighted by molar-refractivity contribution is -0.137. The van der Waals surface area contributed by atoms with Crippen molar-refractivity contribution in [1.82, 2.24) is 9.80 Å². The van der Waals surface area contributed by atoms with E-state index in [0.29, 0.717) is 13.2 Å². The lowest BCUT2D eigenvalue weighted by Crippen LogP contribution is -2.50. The lowest BCUT2D eigenvalue weighted by Gasteiger charge is -2.40. The number of aliphatic hydroxyl groups excluding tert-OH is 1. The van der Waals surface area contributed by atoms with Crippen LogP contribution in [0.15, 0.2) is 95.9 Å². The van der Waals surface area contributed by atoms with E-state index in [2.05, 4.69) is 4.74 Å². The van der Waals surface area contributed by atoms with Crippen LogP contribution < -0.4 is 4.90 Å². The number of methoxy groups -OCH3 is 1. The average molecular weight is 773 g/mol. The third-order valence-electron chi connectivity index (χ3n) is 7.51. The topological polar surface area (TPSA) is 56.3 Å². The molecule has 53 heavy (non-hydrogen) atoms. The van der Waals surface area contributed by atoms with E-state index in [1.165, 1.54) is 12.1 Å². The van der Waals surface area contributed by atoms with Gasteiger partial charge < -0.3 is 24.5 Å². The molecule has 0 aliphatic carbocycles. The quantitative estimate of drug-likeness (QED) is 0.146. The van der Waals surface area contributed by atoms with Crippen LogP contribution in [0.25, 0.3) is 11.1 Å². The maximum atomic E-state index is 15.7. The normalized spacial score (nSPS) is 28.2.